The minimum Gasteiger partial charge on any atom is -0.433 e. The van der Waals surface area contributed by atoms with E-state index >= 15 is 0 Å². The minimum atomic E-state index is -1.88. The van der Waals surface area contributed by atoms with Crippen LogP contribution >= 0.6 is 0 Å². The number of hydrogen-bond donors (Lipinski definition) is 10. The van der Waals surface area contributed by atoms with E-state index in [-0.39, 0.29) is 6.42 Å². The molecule has 45 heavy (non-hydrogen) atoms. The van der Waals surface area contributed by atoms with Gasteiger partial charge in [-0.3, -0.25) is 4.79 Å². The predicted molar refractivity (Wildman–Crippen MR) is 148 cm³/mol. The molecule has 0 amide bonds. The van der Waals surface area contributed by atoms with Crippen LogP contribution in [-0.2, 0) is 33.2 Å². The fraction of sp³-hybridized carbons (Fsp3) is 0.964. The van der Waals surface area contributed by atoms with Gasteiger partial charge in [-0.25, -0.2) is 0 Å². The Labute approximate surface area is 260 Å². The molecule has 0 unspecified atom stereocenters. The Morgan fingerprint density at radius 2 is 1.07 bits per heavy atom. The summed E-state index contributed by atoms with van der Waals surface area (Å²) < 4.78 is 32.9. The molecule has 0 aromatic carbocycles. The summed E-state index contributed by atoms with van der Waals surface area (Å²) >= 11 is 0. The van der Waals surface area contributed by atoms with Crippen LogP contribution in [0.2, 0.25) is 0 Å². The van der Waals surface area contributed by atoms with E-state index in [0.29, 0.717) is 6.42 Å². The number of ether oxygens (including phenoxy) is 6. The van der Waals surface area contributed by atoms with Gasteiger partial charge in [0.25, 0.3) is 0 Å². The van der Waals surface area contributed by atoms with Gasteiger partial charge in [-0.15, -0.1) is 0 Å². The predicted octanol–water partition coefficient (Wildman–Crippen LogP) is -3.88. The number of esters is 1. The number of aliphatic hydroxyl groups excluding tert-OH is 10. The zero-order valence-corrected chi connectivity index (χ0v) is 25.3. The number of rotatable bonds is 16. The van der Waals surface area contributed by atoms with Crippen molar-refractivity contribution in [2.75, 3.05) is 19.8 Å². The smallest absolute Gasteiger partial charge is 0.308 e. The van der Waals surface area contributed by atoms with E-state index in [0.717, 1.165) is 38.5 Å². The molecule has 17 heteroatoms. The number of unbranched alkanes of at least 4 members (excludes halogenated alkanes) is 6. The summed E-state index contributed by atoms with van der Waals surface area (Å²) in [5.74, 6) is -0.729. The van der Waals surface area contributed by atoms with Crippen LogP contribution in [0.4, 0.5) is 0 Å². The van der Waals surface area contributed by atoms with Gasteiger partial charge in [0, 0.05) is 6.42 Å². The van der Waals surface area contributed by atoms with Crippen LogP contribution in [0, 0.1) is 0 Å². The van der Waals surface area contributed by atoms with Crippen LogP contribution in [0.1, 0.15) is 58.3 Å². The molecule has 0 aromatic heterocycles. The van der Waals surface area contributed by atoms with Gasteiger partial charge < -0.3 is 79.5 Å². The zero-order chi connectivity index (χ0) is 33.3. The van der Waals surface area contributed by atoms with Crippen LogP contribution in [0.5, 0.6) is 0 Å². The van der Waals surface area contributed by atoms with Crippen LogP contribution in [-0.4, -0.2) is 169 Å². The highest BCUT2D eigenvalue weighted by atomic mass is 16.8. The first-order valence-electron chi connectivity index (χ1n) is 15.5. The van der Waals surface area contributed by atoms with E-state index < -0.39 is 118 Å². The maximum absolute atomic E-state index is 12.8. The molecule has 3 rings (SSSR count). The van der Waals surface area contributed by atoms with Gasteiger partial charge in [-0.1, -0.05) is 45.4 Å². The second-order valence-corrected chi connectivity index (χ2v) is 11.7. The summed E-state index contributed by atoms with van der Waals surface area (Å²) in [7, 11) is 0. The minimum absolute atomic E-state index is 0.00884. The molecule has 0 saturated carbocycles. The van der Waals surface area contributed by atoms with Gasteiger partial charge in [-0.2, -0.15) is 0 Å². The molecule has 3 heterocycles. The SMILES string of the molecule is CCCCCCCCCC(=O)O[C@@H]1O[C@H](CO[C@@H]2O[C@H](CO)[C@@H](O)[C@H](O)[C@H]2O)[C@@H](O)[C@H](O)[C@H]1O[C@@H]1O[C@H](CO)[C@@H](O)[C@H](O)[C@H]1O. The van der Waals surface area contributed by atoms with Crippen LogP contribution in [0.15, 0.2) is 0 Å². The van der Waals surface area contributed by atoms with Gasteiger partial charge in [-0.05, 0) is 6.42 Å². The maximum atomic E-state index is 12.8. The van der Waals surface area contributed by atoms with Gasteiger partial charge in [0.2, 0.25) is 6.29 Å². The maximum Gasteiger partial charge on any atom is 0.308 e. The average molecular weight is 659 g/mol. The molecular formula is C28H50O17. The van der Waals surface area contributed by atoms with Crippen LogP contribution in [0.25, 0.3) is 0 Å². The Kier molecular flexibility index (Phi) is 15.7. The summed E-state index contributed by atoms with van der Waals surface area (Å²) in [6.07, 6.45) is -18.5. The van der Waals surface area contributed by atoms with Gasteiger partial charge in [0.05, 0.1) is 19.8 Å². The van der Waals surface area contributed by atoms with Crippen LogP contribution < -0.4 is 0 Å². The van der Waals surface area contributed by atoms with E-state index in [1.54, 1.807) is 0 Å². The molecule has 0 radical (unpaired) electrons. The summed E-state index contributed by atoms with van der Waals surface area (Å²) in [6.45, 7) is 0.0323. The lowest BCUT2D eigenvalue weighted by Gasteiger charge is -2.46. The van der Waals surface area contributed by atoms with Gasteiger partial charge >= 0.3 is 5.97 Å². The second-order valence-electron chi connectivity index (χ2n) is 11.7. The van der Waals surface area contributed by atoms with Crippen molar-refractivity contribution in [3.63, 3.8) is 0 Å². The Bertz CT molecular complexity index is 861. The Morgan fingerprint density at radius 3 is 1.64 bits per heavy atom. The Balaban J connectivity index is 1.69. The summed E-state index contributed by atoms with van der Waals surface area (Å²) in [4.78, 5) is 12.8. The number of carbonyl (C=O) groups is 1. The molecule has 3 aliphatic heterocycles. The third kappa shape index (κ3) is 9.94. The summed E-state index contributed by atoms with van der Waals surface area (Å²) in [5, 5.41) is 102. The van der Waals surface area contributed by atoms with Crippen LogP contribution in [0.3, 0.4) is 0 Å². The van der Waals surface area contributed by atoms with Crippen molar-refractivity contribution in [1.29, 1.82) is 0 Å². The van der Waals surface area contributed by atoms with Crippen molar-refractivity contribution in [1.82, 2.24) is 0 Å². The van der Waals surface area contributed by atoms with E-state index in [2.05, 4.69) is 6.92 Å². The number of carbonyl (C=O) groups excluding carboxylic acids is 1. The monoisotopic (exact) mass is 658 g/mol. The average Bonchev–Trinajstić information content (AvgIpc) is 3.02. The molecule has 10 N–H and O–H groups in total. The van der Waals surface area contributed by atoms with Crippen molar-refractivity contribution in [3.8, 4) is 0 Å². The lowest BCUT2D eigenvalue weighted by Crippen LogP contribution is -2.65. The third-order valence-corrected chi connectivity index (χ3v) is 8.29. The highest BCUT2D eigenvalue weighted by Gasteiger charge is 2.52. The van der Waals surface area contributed by atoms with E-state index in [1.165, 1.54) is 0 Å². The van der Waals surface area contributed by atoms with Gasteiger partial charge in [0.1, 0.15) is 67.1 Å². The fourth-order valence-corrected chi connectivity index (χ4v) is 5.43. The quantitative estimate of drug-likeness (QED) is 0.0561. The van der Waals surface area contributed by atoms with E-state index in [9.17, 15) is 55.9 Å². The molecule has 3 saturated heterocycles. The molecule has 0 aromatic rings. The first-order chi connectivity index (χ1) is 21.4. The van der Waals surface area contributed by atoms with E-state index in [1.807, 2.05) is 0 Å². The first kappa shape index (κ1) is 38.3. The number of hydrogen-bond acceptors (Lipinski definition) is 17. The molecule has 3 aliphatic rings. The second kappa shape index (κ2) is 18.4. The van der Waals surface area contributed by atoms with E-state index in [4.69, 9.17) is 28.4 Å². The fourth-order valence-electron chi connectivity index (χ4n) is 5.43. The van der Waals surface area contributed by atoms with Crippen molar-refractivity contribution >= 4 is 5.97 Å². The Hall–Kier alpha value is -1.13. The highest BCUT2D eigenvalue weighted by molar-refractivity contribution is 5.69. The van der Waals surface area contributed by atoms with Crippen molar-refractivity contribution in [2.45, 2.75) is 150 Å². The lowest BCUT2D eigenvalue weighted by atomic mass is 9.97. The molecule has 0 bridgehead atoms. The largest absolute Gasteiger partial charge is 0.433 e. The third-order valence-electron chi connectivity index (χ3n) is 8.29. The van der Waals surface area contributed by atoms with Crippen molar-refractivity contribution < 1.29 is 84.3 Å². The molecule has 17 nitrogen and oxygen atoms in total. The normalized spacial score (nSPS) is 42.4. The highest BCUT2D eigenvalue weighted by Crippen LogP contribution is 2.31. The zero-order valence-electron chi connectivity index (χ0n) is 25.3. The summed E-state index contributed by atoms with van der Waals surface area (Å²) in [6, 6.07) is 0. The van der Waals surface area contributed by atoms with Gasteiger partial charge in [0.15, 0.2) is 18.7 Å². The first-order valence-corrected chi connectivity index (χ1v) is 15.5. The summed E-state index contributed by atoms with van der Waals surface area (Å²) in [5.41, 5.74) is 0. The molecular weight excluding hydrogens is 608 g/mol. The standard InChI is InChI=1S/C28H50O17/c1-2-3-4-5-6-7-8-9-16(31)44-28-25(45-27-24(39)21(36)18(33)14(11-30)42-27)22(37)19(34)15(43-28)12-40-26-23(38)20(35)17(32)13(10-29)41-26/h13-15,17-30,32-39H,2-12H2,1H3/t13-,14-,15-,17-,18-,19-,20+,21+,22+,23-,24-,25-,26-,27+,28+/m1/s1. The molecule has 15 atom stereocenters. The Morgan fingerprint density at radius 1 is 0.578 bits per heavy atom. The topological polar surface area (TPSA) is 275 Å². The lowest BCUT2D eigenvalue weighted by molar-refractivity contribution is -0.367. The molecule has 0 spiro atoms. The molecule has 3 fully saturated rings. The number of aliphatic hydroxyl groups is 10. The molecule has 0 aliphatic carbocycles. The van der Waals surface area contributed by atoms with Crippen molar-refractivity contribution in [2.24, 2.45) is 0 Å². The van der Waals surface area contributed by atoms with Crippen molar-refractivity contribution in [3.05, 3.63) is 0 Å². The molecule has 264 valence electrons.